The Kier molecular flexibility index (Phi) is 3.20. The van der Waals surface area contributed by atoms with Crippen LogP contribution in [-0.2, 0) is 0 Å². The molecule has 0 radical (unpaired) electrons. The van der Waals surface area contributed by atoms with E-state index >= 15 is 0 Å². The van der Waals surface area contributed by atoms with E-state index in [1.807, 2.05) is 7.05 Å². The van der Waals surface area contributed by atoms with Crippen LogP contribution in [0.5, 0.6) is 0 Å². The van der Waals surface area contributed by atoms with E-state index in [-0.39, 0.29) is 5.41 Å². The minimum Gasteiger partial charge on any atom is -0.292 e. The molecule has 0 fully saturated rings. The van der Waals surface area contributed by atoms with E-state index in [0.717, 1.165) is 4.80 Å². The fourth-order valence-corrected chi connectivity index (χ4v) is 2.55. The Morgan fingerprint density at radius 3 is 2.59 bits per heavy atom. The Hall–Kier alpha value is -1.35. The molecule has 1 aromatic carbocycles. The van der Waals surface area contributed by atoms with Crippen LogP contribution in [0.3, 0.4) is 0 Å². The standard InChI is InChI=1S/C14H18N2S/c1-14(2,3)9-10-16-11-7-5-6-8-12(11)17-13(16)15-4/h5-10H,1-4H3/b10-9+,15-13?. The van der Waals surface area contributed by atoms with Crippen molar-refractivity contribution in [2.24, 2.45) is 10.4 Å². The Morgan fingerprint density at radius 1 is 1.24 bits per heavy atom. The molecule has 0 amide bonds. The molecule has 17 heavy (non-hydrogen) atoms. The van der Waals surface area contributed by atoms with Gasteiger partial charge in [-0.15, -0.1) is 0 Å². The highest BCUT2D eigenvalue weighted by Gasteiger charge is 2.06. The first-order valence-electron chi connectivity index (χ1n) is 5.73. The van der Waals surface area contributed by atoms with E-state index in [9.17, 15) is 0 Å². The van der Waals surface area contributed by atoms with Gasteiger partial charge in [-0.05, 0) is 17.5 Å². The predicted molar refractivity (Wildman–Crippen MR) is 76.1 cm³/mol. The molecule has 2 rings (SSSR count). The van der Waals surface area contributed by atoms with Crippen LogP contribution >= 0.6 is 11.3 Å². The van der Waals surface area contributed by atoms with E-state index in [4.69, 9.17) is 0 Å². The lowest BCUT2D eigenvalue weighted by Crippen LogP contribution is -2.09. The summed E-state index contributed by atoms with van der Waals surface area (Å²) in [7, 11) is 1.84. The highest BCUT2D eigenvalue weighted by atomic mass is 32.1. The molecule has 0 spiro atoms. The lowest BCUT2D eigenvalue weighted by molar-refractivity contribution is 0.545. The predicted octanol–water partition coefficient (Wildman–Crippen LogP) is 3.75. The van der Waals surface area contributed by atoms with Crippen LogP contribution in [0.25, 0.3) is 16.4 Å². The van der Waals surface area contributed by atoms with Gasteiger partial charge < -0.3 is 0 Å². The second kappa shape index (κ2) is 4.49. The van der Waals surface area contributed by atoms with Crippen molar-refractivity contribution in [1.29, 1.82) is 0 Å². The SMILES string of the molecule is CN=c1sc2ccccc2n1/C=C/C(C)(C)C. The number of allylic oxidation sites excluding steroid dienone is 1. The van der Waals surface area contributed by atoms with E-state index in [2.05, 4.69) is 66.9 Å². The van der Waals surface area contributed by atoms with E-state index < -0.39 is 0 Å². The summed E-state index contributed by atoms with van der Waals surface area (Å²) in [6.07, 6.45) is 4.34. The van der Waals surface area contributed by atoms with E-state index in [1.54, 1.807) is 11.3 Å². The summed E-state index contributed by atoms with van der Waals surface area (Å²) >= 11 is 1.72. The van der Waals surface area contributed by atoms with Crippen LogP contribution in [0.15, 0.2) is 35.3 Å². The second-order valence-corrected chi connectivity index (χ2v) is 6.14. The molecule has 0 aliphatic carbocycles. The summed E-state index contributed by atoms with van der Waals surface area (Å²) < 4.78 is 3.43. The summed E-state index contributed by atoms with van der Waals surface area (Å²) in [5.41, 5.74) is 1.40. The van der Waals surface area contributed by atoms with Crippen molar-refractivity contribution in [1.82, 2.24) is 4.57 Å². The van der Waals surface area contributed by atoms with Gasteiger partial charge >= 0.3 is 0 Å². The van der Waals surface area contributed by atoms with Crippen molar-refractivity contribution in [2.45, 2.75) is 20.8 Å². The molecule has 0 saturated carbocycles. The van der Waals surface area contributed by atoms with Crippen molar-refractivity contribution in [3.8, 4) is 0 Å². The number of nitrogens with zero attached hydrogens (tertiary/aromatic N) is 2. The van der Waals surface area contributed by atoms with Crippen molar-refractivity contribution < 1.29 is 0 Å². The Morgan fingerprint density at radius 2 is 1.94 bits per heavy atom. The molecule has 0 saturated heterocycles. The Balaban J connectivity index is 2.63. The molecule has 1 aromatic heterocycles. The zero-order valence-electron chi connectivity index (χ0n) is 10.8. The van der Waals surface area contributed by atoms with Crippen molar-refractivity contribution in [3.05, 3.63) is 35.1 Å². The molecule has 2 nitrogen and oxygen atoms in total. The number of rotatable bonds is 1. The smallest absolute Gasteiger partial charge is 0.189 e. The molecule has 0 bridgehead atoms. The third kappa shape index (κ3) is 2.67. The van der Waals surface area contributed by atoms with Crippen molar-refractivity contribution >= 4 is 27.8 Å². The van der Waals surface area contributed by atoms with Gasteiger partial charge in [0.25, 0.3) is 0 Å². The number of para-hydroxylation sites is 1. The van der Waals surface area contributed by atoms with Crippen molar-refractivity contribution in [3.63, 3.8) is 0 Å². The molecule has 2 aromatic rings. The zero-order chi connectivity index (χ0) is 12.5. The molecule has 3 heteroatoms. The third-order valence-corrected chi connectivity index (χ3v) is 3.57. The van der Waals surface area contributed by atoms with Gasteiger partial charge in [-0.2, -0.15) is 0 Å². The number of aromatic nitrogens is 1. The fraction of sp³-hybridized carbons (Fsp3) is 0.357. The maximum Gasteiger partial charge on any atom is 0.189 e. The molecule has 0 unspecified atom stereocenters. The van der Waals surface area contributed by atoms with Gasteiger partial charge in [0.2, 0.25) is 0 Å². The monoisotopic (exact) mass is 246 g/mol. The maximum absolute atomic E-state index is 4.34. The first kappa shape index (κ1) is 12.1. The summed E-state index contributed by atoms with van der Waals surface area (Å²) in [6.45, 7) is 6.59. The first-order chi connectivity index (χ1) is 8.01. The average Bonchev–Trinajstić information content (AvgIpc) is 2.63. The summed E-state index contributed by atoms with van der Waals surface area (Å²) in [6, 6.07) is 8.40. The molecule has 90 valence electrons. The normalized spacial score (nSPS) is 14.0. The molecular formula is C14H18N2S. The van der Waals surface area contributed by atoms with Gasteiger partial charge in [0.15, 0.2) is 4.80 Å². The van der Waals surface area contributed by atoms with Crippen LogP contribution in [0.4, 0.5) is 0 Å². The molecule has 0 aliphatic rings. The van der Waals surface area contributed by atoms with E-state index in [1.165, 1.54) is 10.2 Å². The maximum atomic E-state index is 4.34. The zero-order valence-corrected chi connectivity index (χ0v) is 11.6. The van der Waals surface area contributed by atoms with Gasteiger partial charge in [0.1, 0.15) is 0 Å². The highest BCUT2D eigenvalue weighted by molar-refractivity contribution is 7.16. The van der Waals surface area contributed by atoms with Crippen LogP contribution in [-0.4, -0.2) is 11.6 Å². The molecule has 0 N–H and O–H groups in total. The van der Waals surface area contributed by atoms with Gasteiger partial charge in [-0.3, -0.25) is 9.56 Å². The Bertz CT molecular complexity index is 609. The topological polar surface area (TPSA) is 17.3 Å². The minimum atomic E-state index is 0.182. The molecule has 0 aliphatic heterocycles. The second-order valence-electron chi connectivity index (χ2n) is 5.13. The van der Waals surface area contributed by atoms with Crippen LogP contribution in [0.1, 0.15) is 20.8 Å². The van der Waals surface area contributed by atoms with E-state index in [0.29, 0.717) is 0 Å². The number of fused-ring (bicyclic) bond motifs is 1. The number of hydrogen-bond donors (Lipinski definition) is 0. The van der Waals surface area contributed by atoms with Crippen LogP contribution < -0.4 is 4.80 Å². The van der Waals surface area contributed by atoms with Gasteiger partial charge in [-0.1, -0.05) is 50.3 Å². The number of thiazole rings is 1. The van der Waals surface area contributed by atoms with Gasteiger partial charge in [-0.25, -0.2) is 0 Å². The molecule has 0 atom stereocenters. The summed E-state index contributed by atoms with van der Waals surface area (Å²) in [5, 5.41) is 0. The minimum absolute atomic E-state index is 0.182. The van der Waals surface area contributed by atoms with Crippen LogP contribution in [0.2, 0.25) is 0 Å². The van der Waals surface area contributed by atoms with Gasteiger partial charge in [0, 0.05) is 13.2 Å². The van der Waals surface area contributed by atoms with Gasteiger partial charge in [0.05, 0.1) is 10.2 Å². The first-order valence-corrected chi connectivity index (χ1v) is 6.55. The van der Waals surface area contributed by atoms with Crippen LogP contribution in [0, 0.1) is 5.41 Å². The molecular weight excluding hydrogens is 228 g/mol. The summed E-state index contributed by atoms with van der Waals surface area (Å²) in [5.74, 6) is 0. The molecule has 1 heterocycles. The lowest BCUT2D eigenvalue weighted by atomic mass is 9.97. The quantitative estimate of drug-likeness (QED) is 0.729. The third-order valence-electron chi connectivity index (χ3n) is 2.45. The number of benzene rings is 1. The number of hydrogen-bond acceptors (Lipinski definition) is 2. The summed E-state index contributed by atoms with van der Waals surface area (Å²) in [4.78, 5) is 5.37. The average molecular weight is 246 g/mol. The largest absolute Gasteiger partial charge is 0.292 e. The lowest BCUT2D eigenvalue weighted by Gasteiger charge is -2.11. The fourth-order valence-electron chi connectivity index (χ4n) is 1.59. The van der Waals surface area contributed by atoms with Crippen molar-refractivity contribution in [2.75, 3.05) is 7.05 Å². The highest BCUT2D eigenvalue weighted by Crippen LogP contribution is 2.19. The Labute approximate surface area is 106 Å².